The number of anilines is 1. The average Bonchev–Trinajstić information content (AvgIpc) is 3.02. The van der Waals surface area contributed by atoms with E-state index in [4.69, 9.17) is 0 Å². The summed E-state index contributed by atoms with van der Waals surface area (Å²) in [6.07, 6.45) is 7.78. The van der Waals surface area contributed by atoms with Crippen LogP contribution in [0.2, 0.25) is 0 Å². The minimum Gasteiger partial charge on any atom is -0.325 e. The molecule has 0 unspecified atom stereocenters. The van der Waals surface area contributed by atoms with E-state index in [-0.39, 0.29) is 22.3 Å². The Kier molecular flexibility index (Phi) is 3.82. The maximum atomic E-state index is 13.4. The van der Waals surface area contributed by atoms with Crippen LogP contribution in [0.25, 0.3) is 10.8 Å². The van der Waals surface area contributed by atoms with Gasteiger partial charge in [0.05, 0.1) is 5.41 Å². The van der Waals surface area contributed by atoms with Gasteiger partial charge in [-0.05, 0) is 73.5 Å². The van der Waals surface area contributed by atoms with Crippen LogP contribution >= 0.6 is 0 Å². The van der Waals surface area contributed by atoms with Crippen molar-refractivity contribution < 1.29 is 4.79 Å². The van der Waals surface area contributed by atoms with E-state index in [1.165, 1.54) is 19.3 Å². The average molecular weight is 379 g/mol. The van der Waals surface area contributed by atoms with E-state index in [2.05, 4.69) is 26.1 Å². The Balaban J connectivity index is 1.48. The molecule has 0 saturated heterocycles. The maximum Gasteiger partial charge on any atom is 0.258 e. The van der Waals surface area contributed by atoms with Gasteiger partial charge in [0.2, 0.25) is 5.91 Å². The minimum atomic E-state index is -0.156. The zero-order chi connectivity index (χ0) is 19.7. The summed E-state index contributed by atoms with van der Waals surface area (Å²) in [6.45, 7) is 7.06. The molecular weight excluding hydrogens is 348 g/mol. The van der Waals surface area contributed by atoms with E-state index in [0.717, 1.165) is 35.8 Å². The van der Waals surface area contributed by atoms with Gasteiger partial charge in [0, 0.05) is 29.2 Å². The molecule has 4 heteroatoms. The van der Waals surface area contributed by atoms with Gasteiger partial charge in [0.15, 0.2) is 0 Å². The molecule has 6 rings (SSSR count). The molecule has 2 aromatic rings. The van der Waals surface area contributed by atoms with Gasteiger partial charge in [0.1, 0.15) is 0 Å². The third-order valence-corrected chi connectivity index (χ3v) is 7.35. The van der Waals surface area contributed by atoms with Gasteiger partial charge in [0.25, 0.3) is 5.56 Å². The number of fused-ring (bicyclic) bond motifs is 1. The van der Waals surface area contributed by atoms with E-state index in [1.54, 1.807) is 4.57 Å². The van der Waals surface area contributed by atoms with Gasteiger partial charge in [-0.2, -0.15) is 0 Å². The van der Waals surface area contributed by atoms with Crippen molar-refractivity contribution in [2.24, 2.45) is 28.6 Å². The van der Waals surface area contributed by atoms with Gasteiger partial charge in [-0.1, -0.05) is 26.8 Å². The van der Waals surface area contributed by atoms with Crippen LogP contribution < -0.4 is 10.9 Å². The lowest BCUT2D eigenvalue weighted by Crippen LogP contribution is -2.37. The summed E-state index contributed by atoms with van der Waals surface area (Å²) in [5.41, 5.74) is 0.672. The van der Waals surface area contributed by atoms with E-state index in [0.29, 0.717) is 17.8 Å². The van der Waals surface area contributed by atoms with Gasteiger partial charge >= 0.3 is 0 Å². The van der Waals surface area contributed by atoms with Gasteiger partial charge in [-0.3, -0.25) is 9.59 Å². The second kappa shape index (κ2) is 5.95. The predicted molar refractivity (Wildman–Crippen MR) is 112 cm³/mol. The van der Waals surface area contributed by atoms with Gasteiger partial charge < -0.3 is 9.88 Å². The molecule has 148 valence electrons. The first-order valence-electron chi connectivity index (χ1n) is 10.7. The number of amides is 1. The summed E-state index contributed by atoms with van der Waals surface area (Å²) >= 11 is 0. The molecule has 4 fully saturated rings. The molecule has 1 amide bonds. The SMILES string of the molecule is CC(C)(C)Cn1ccc2c(NC(=O)[C@@]34C[C@@H]5C[C@@H](C[C@@H]3C5)C4)cccc2c1=O. The lowest BCUT2D eigenvalue weighted by molar-refractivity contribution is -0.127. The summed E-state index contributed by atoms with van der Waals surface area (Å²) < 4.78 is 1.78. The van der Waals surface area contributed by atoms with Gasteiger partial charge in [-0.15, -0.1) is 0 Å². The Morgan fingerprint density at radius 3 is 2.50 bits per heavy atom. The number of hydrogen-bond acceptors (Lipinski definition) is 2. The Bertz CT molecular complexity index is 999. The minimum absolute atomic E-state index is 0.0162. The van der Waals surface area contributed by atoms with Crippen molar-refractivity contribution in [1.29, 1.82) is 0 Å². The first kappa shape index (κ1) is 18.0. The van der Waals surface area contributed by atoms with Crippen molar-refractivity contribution in [3.8, 4) is 0 Å². The van der Waals surface area contributed by atoms with Crippen LogP contribution in [0.5, 0.6) is 0 Å². The molecule has 4 atom stereocenters. The Morgan fingerprint density at radius 1 is 1.11 bits per heavy atom. The number of aromatic nitrogens is 1. The molecule has 28 heavy (non-hydrogen) atoms. The molecule has 4 bridgehead atoms. The second-order valence-corrected chi connectivity index (χ2v) is 10.7. The molecule has 1 aromatic carbocycles. The molecule has 0 spiro atoms. The quantitative estimate of drug-likeness (QED) is 0.833. The molecule has 1 N–H and O–H groups in total. The Labute approximate surface area is 166 Å². The van der Waals surface area contributed by atoms with Crippen molar-refractivity contribution in [2.45, 2.75) is 59.4 Å². The van der Waals surface area contributed by atoms with E-state index >= 15 is 0 Å². The monoisotopic (exact) mass is 378 g/mol. The third kappa shape index (κ3) is 2.72. The fraction of sp³-hybridized carbons (Fsp3) is 0.583. The Hall–Kier alpha value is -2.10. The highest BCUT2D eigenvalue weighted by Gasteiger charge is 2.61. The molecule has 0 aliphatic heterocycles. The summed E-state index contributed by atoms with van der Waals surface area (Å²) in [4.78, 5) is 26.4. The van der Waals surface area contributed by atoms with E-state index in [9.17, 15) is 9.59 Å². The predicted octanol–water partition coefficient (Wildman–Crippen LogP) is 4.81. The highest BCUT2D eigenvalue weighted by atomic mass is 16.2. The van der Waals surface area contributed by atoms with Crippen molar-refractivity contribution in [3.63, 3.8) is 0 Å². The number of hydrogen-bond donors (Lipinski definition) is 1. The van der Waals surface area contributed by atoms with E-state index < -0.39 is 0 Å². The molecule has 4 nitrogen and oxygen atoms in total. The van der Waals surface area contributed by atoms with E-state index in [1.807, 2.05) is 30.5 Å². The van der Waals surface area contributed by atoms with Crippen LogP contribution in [0.1, 0.15) is 52.9 Å². The summed E-state index contributed by atoms with van der Waals surface area (Å²) in [5.74, 6) is 2.25. The number of pyridine rings is 1. The lowest BCUT2D eigenvalue weighted by atomic mass is 9.75. The van der Waals surface area contributed by atoms with Crippen molar-refractivity contribution in [1.82, 2.24) is 4.57 Å². The van der Waals surface area contributed by atoms with Crippen molar-refractivity contribution in [2.75, 3.05) is 5.32 Å². The number of nitrogens with zero attached hydrogens (tertiary/aromatic N) is 1. The highest BCUT2D eigenvalue weighted by Crippen LogP contribution is 2.65. The normalized spacial score (nSPS) is 30.9. The zero-order valence-electron chi connectivity index (χ0n) is 17.1. The van der Waals surface area contributed by atoms with Crippen LogP contribution in [-0.4, -0.2) is 10.5 Å². The smallest absolute Gasteiger partial charge is 0.258 e. The first-order valence-corrected chi connectivity index (χ1v) is 10.7. The molecular formula is C24H30N2O2. The highest BCUT2D eigenvalue weighted by molar-refractivity contribution is 6.04. The topological polar surface area (TPSA) is 51.1 Å². The molecule has 1 heterocycles. The van der Waals surface area contributed by atoms with Crippen LogP contribution in [-0.2, 0) is 11.3 Å². The fourth-order valence-electron chi connectivity index (χ4n) is 6.48. The van der Waals surface area contributed by atoms with Crippen molar-refractivity contribution in [3.05, 3.63) is 40.8 Å². The van der Waals surface area contributed by atoms with Crippen LogP contribution in [0.3, 0.4) is 0 Å². The standard InChI is InChI=1S/C24H30N2O2/c1-23(2,3)14-26-8-7-18-19(21(26)27)5-4-6-20(18)25-22(28)24-12-15-9-16(13-24)11-17(24)10-15/h4-8,15-17H,9-14H2,1-3H3,(H,25,28)/t15-,16+,17+,24-. The number of carbonyl (C=O) groups excluding carboxylic acids is 1. The summed E-state index contributed by atoms with van der Waals surface area (Å²) in [6, 6.07) is 7.67. The molecule has 4 aliphatic rings. The van der Waals surface area contributed by atoms with Crippen LogP contribution in [0, 0.1) is 28.6 Å². The number of rotatable bonds is 3. The van der Waals surface area contributed by atoms with Crippen molar-refractivity contribution >= 4 is 22.4 Å². The van der Waals surface area contributed by atoms with Gasteiger partial charge in [-0.25, -0.2) is 0 Å². The maximum absolute atomic E-state index is 13.4. The molecule has 1 aromatic heterocycles. The van der Waals surface area contributed by atoms with Crippen LogP contribution in [0.4, 0.5) is 5.69 Å². The zero-order valence-corrected chi connectivity index (χ0v) is 17.1. The largest absolute Gasteiger partial charge is 0.325 e. The Morgan fingerprint density at radius 2 is 1.82 bits per heavy atom. The molecule has 4 saturated carbocycles. The lowest BCUT2D eigenvalue weighted by Gasteiger charge is -2.31. The second-order valence-electron chi connectivity index (χ2n) is 10.7. The fourth-order valence-corrected chi connectivity index (χ4v) is 6.48. The number of nitrogens with one attached hydrogen (secondary N) is 1. The number of benzene rings is 1. The first-order chi connectivity index (χ1) is 13.2. The number of carbonyl (C=O) groups is 1. The van der Waals surface area contributed by atoms with Crippen LogP contribution in [0.15, 0.2) is 35.3 Å². The summed E-state index contributed by atoms with van der Waals surface area (Å²) in [7, 11) is 0. The molecule has 4 aliphatic carbocycles. The third-order valence-electron chi connectivity index (χ3n) is 7.35. The molecule has 0 radical (unpaired) electrons. The summed E-state index contributed by atoms with van der Waals surface area (Å²) in [5, 5.41) is 4.77.